The Bertz CT molecular complexity index is 1130. The minimum atomic E-state index is -0.0302. The van der Waals surface area contributed by atoms with Gasteiger partial charge >= 0.3 is 6.03 Å². The highest BCUT2D eigenvalue weighted by atomic mass is 16.5. The summed E-state index contributed by atoms with van der Waals surface area (Å²) in [5.74, 6) is 3.44. The molecule has 5 rings (SSSR count). The van der Waals surface area contributed by atoms with Gasteiger partial charge < -0.3 is 19.3 Å². The number of fused-ring (bicyclic) bond motifs is 1. The van der Waals surface area contributed by atoms with Gasteiger partial charge in [-0.2, -0.15) is 9.78 Å². The minimum absolute atomic E-state index is 0.0302. The van der Waals surface area contributed by atoms with E-state index in [9.17, 15) is 4.79 Å². The second-order valence-corrected chi connectivity index (χ2v) is 9.36. The molecule has 2 aliphatic rings. The Kier molecular flexibility index (Phi) is 6.15. The Morgan fingerprint density at radius 3 is 2.35 bits per heavy atom. The van der Waals surface area contributed by atoms with E-state index in [-0.39, 0.29) is 6.03 Å². The molecule has 2 saturated heterocycles. The molecule has 0 radical (unpaired) electrons. The molecule has 1 aromatic heterocycles. The van der Waals surface area contributed by atoms with Crippen LogP contribution in [0.1, 0.15) is 5.56 Å². The largest absolute Gasteiger partial charge is 0.497 e. The van der Waals surface area contributed by atoms with Crippen LogP contribution in [0.15, 0.2) is 60.9 Å². The van der Waals surface area contributed by atoms with Crippen LogP contribution in [0.4, 0.5) is 10.5 Å². The number of aromatic nitrogens is 2. The quantitative estimate of drug-likeness (QED) is 0.557. The molecule has 3 heterocycles. The third kappa shape index (κ3) is 4.72. The number of carbonyl (C=O) groups is 1. The summed E-state index contributed by atoms with van der Waals surface area (Å²) in [5.41, 5.74) is 2.16. The monoisotopic (exact) mass is 461 g/mol. The van der Waals surface area contributed by atoms with Crippen LogP contribution in [0, 0.1) is 11.8 Å². The minimum Gasteiger partial charge on any atom is -0.497 e. The lowest BCUT2D eigenvalue weighted by atomic mass is 10.0. The molecule has 2 aromatic carbocycles. The number of methoxy groups -OCH3 is 1. The van der Waals surface area contributed by atoms with Crippen molar-refractivity contribution in [2.45, 2.75) is 6.54 Å². The Labute approximate surface area is 200 Å². The molecule has 0 spiro atoms. The average Bonchev–Trinajstić information content (AvgIpc) is 3.55. The summed E-state index contributed by atoms with van der Waals surface area (Å²) < 4.78 is 12.7. The second kappa shape index (κ2) is 9.38. The summed E-state index contributed by atoms with van der Waals surface area (Å²) in [6.45, 7) is 4.46. The summed E-state index contributed by atoms with van der Waals surface area (Å²) in [7, 11) is 5.55. The molecule has 3 aromatic rings. The SMILES string of the molecule is COc1ccc(Oc2cccc(CN3CC4CN(C(=O)n5cc(N(C)C)cn5)CC4C3)c2)cc1. The Morgan fingerprint density at radius 2 is 1.71 bits per heavy atom. The number of rotatable bonds is 6. The van der Waals surface area contributed by atoms with E-state index < -0.39 is 0 Å². The number of benzene rings is 2. The number of nitrogens with zero attached hydrogens (tertiary/aromatic N) is 5. The number of hydrogen-bond donors (Lipinski definition) is 0. The molecular formula is C26H31N5O3. The summed E-state index contributed by atoms with van der Waals surface area (Å²) in [5, 5.41) is 4.25. The van der Waals surface area contributed by atoms with Crippen molar-refractivity contribution in [3.05, 3.63) is 66.5 Å². The zero-order valence-corrected chi connectivity index (χ0v) is 19.9. The maximum atomic E-state index is 12.9. The van der Waals surface area contributed by atoms with Gasteiger partial charge in [0.25, 0.3) is 0 Å². The number of likely N-dealkylation sites (tertiary alicyclic amines) is 2. The molecule has 2 atom stereocenters. The number of anilines is 1. The van der Waals surface area contributed by atoms with Gasteiger partial charge in [0.15, 0.2) is 0 Å². The van der Waals surface area contributed by atoms with Gasteiger partial charge in [0.2, 0.25) is 0 Å². The maximum absolute atomic E-state index is 12.9. The van der Waals surface area contributed by atoms with Crippen molar-refractivity contribution in [3.8, 4) is 17.2 Å². The number of amides is 1. The first-order valence-electron chi connectivity index (χ1n) is 11.6. The lowest BCUT2D eigenvalue weighted by molar-refractivity contribution is 0.197. The van der Waals surface area contributed by atoms with Crippen molar-refractivity contribution in [2.24, 2.45) is 11.8 Å². The van der Waals surface area contributed by atoms with Crippen molar-refractivity contribution < 1.29 is 14.3 Å². The smallest absolute Gasteiger partial charge is 0.344 e. The predicted molar refractivity (Wildman–Crippen MR) is 131 cm³/mol. The summed E-state index contributed by atoms with van der Waals surface area (Å²) >= 11 is 0. The summed E-state index contributed by atoms with van der Waals surface area (Å²) in [6.07, 6.45) is 3.52. The van der Waals surface area contributed by atoms with Crippen molar-refractivity contribution >= 4 is 11.7 Å². The zero-order chi connectivity index (χ0) is 23.7. The first-order valence-corrected chi connectivity index (χ1v) is 11.6. The molecule has 2 aliphatic heterocycles. The molecule has 34 heavy (non-hydrogen) atoms. The molecule has 8 nitrogen and oxygen atoms in total. The molecule has 178 valence electrons. The van der Waals surface area contributed by atoms with E-state index in [1.54, 1.807) is 19.5 Å². The molecule has 0 N–H and O–H groups in total. The van der Waals surface area contributed by atoms with E-state index in [0.29, 0.717) is 11.8 Å². The third-order valence-electron chi connectivity index (χ3n) is 6.71. The number of hydrogen-bond acceptors (Lipinski definition) is 6. The van der Waals surface area contributed by atoms with Crippen molar-refractivity contribution in [3.63, 3.8) is 0 Å². The van der Waals surface area contributed by atoms with E-state index in [2.05, 4.69) is 22.1 Å². The fourth-order valence-electron chi connectivity index (χ4n) is 4.91. The highest BCUT2D eigenvalue weighted by molar-refractivity contribution is 5.77. The summed E-state index contributed by atoms with van der Waals surface area (Å²) in [6, 6.07) is 15.8. The maximum Gasteiger partial charge on any atom is 0.344 e. The van der Waals surface area contributed by atoms with Crippen LogP contribution in [0.3, 0.4) is 0 Å². The lowest BCUT2D eigenvalue weighted by Crippen LogP contribution is -2.36. The molecule has 2 unspecified atom stereocenters. The van der Waals surface area contributed by atoms with Crippen LogP contribution < -0.4 is 14.4 Å². The van der Waals surface area contributed by atoms with Crippen LogP contribution in [-0.2, 0) is 6.54 Å². The van der Waals surface area contributed by atoms with Crippen molar-refractivity contribution in [2.75, 3.05) is 52.3 Å². The third-order valence-corrected chi connectivity index (χ3v) is 6.71. The van der Waals surface area contributed by atoms with E-state index in [1.807, 2.05) is 60.3 Å². The highest BCUT2D eigenvalue weighted by Gasteiger charge is 2.41. The first-order chi connectivity index (χ1) is 16.5. The molecular weight excluding hydrogens is 430 g/mol. The van der Waals surface area contributed by atoms with Crippen LogP contribution in [0.5, 0.6) is 17.2 Å². The number of ether oxygens (including phenoxy) is 2. The average molecular weight is 462 g/mol. The van der Waals surface area contributed by atoms with Gasteiger partial charge in [0.1, 0.15) is 17.2 Å². The highest BCUT2D eigenvalue weighted by Crippen LogP contribution is 2.33. The molecule has 1 amide bonds. The number of carbonyl (C=O) groups excluding carboxylic acids is 1. The first kappa shape index (κ1) is 22.3. The summed E-state index contributed by atoms with van der Waals surface area (Å²) in [4.78, 5) is 19.3. The van der Waals surface area contributed by atoms with Crippen molar-refractivity contribution in [1.29, 1.82) is 0 Å². The van der Waals surface area contributed by atoms with E-state index >= 15 is 0 Å². The van der Waals surface area contributed by atoms with Gasteiger partial charge in [-0.05, 0) is 53.8 Å². The molecule has 2 fully saturated rings. The predicted octanol–water partition coefficient (Wildman–Crippen LogP) is 3.78. The fraction of sp³-hybridized carbons (Fsp3) is 0.385. The van der Waals surface area contributed by atoms with E-state index in [0.717, 1.165) is 55.7 Å². The van der Waals surface area contributed by atoms with E-state index in [1.165, 1.54) is 10.2 Å². The standard InChI is InChI=1S/C26H31N5O3/c1-28(2)22-12-27-31(18-22)26(32)30-16-20-14-29(15-21(20)17-30)13-19-5-4-6-25(11-19)34-24-9-7-23(33-3)8-10-24/h4-12,18,20-21H,13-17H2,1-3H3. The van der Waals surface area contributed by atoms with Crippen LogP contribution in [0.2, 0.25) is 0 Å². The van der Waals surface area contributed by atoms with Crippen LogP contribution in [0.25, 0.3) is 0 Å². The molecule has 0 saturated carbocycles. The molecule has 0 bridgehead atoms. The Morgan fingerprint density at radius 1 is 1.00 bits per heavy atom. The van der Waals surface area contributed by atoms with Gasteiger partial charge in [0, 0.05) is 46.8 Å². The van der Waals surface area contributed by atoms with Gasteiger partial charge in [-0.3, -0.25) is 4.90 Å². The van der Waals surface area contributed by atoms with E-state index in [4.69, 9.17) is 9.47 Å². The molecule has 0 aliphatic carbocycles. The van der Waals surface area contributed by atoms with Gasteiger partial charge in [0.05, 0.1) is 25.2 Å². The van der Waals surface area contributed by atoms with Gasteiger partial charge in [-0.15, -0.1) is 0 Å². The molecule has 8 heteroatoms. The van der Waals surface area contributed by atoms with Gasteiger partial charge in [-0.25, -0.2) is 4.79 Å². The van der Waals surface area contributed by atoms with Gasteiger partial charge in [-0.1, -0.05) is 12.1 Å². The normalized spacial score (nSPS) is 19.8. The zero-order valence-electron chi connectivity index (χ0n) is 19.9. The Balaban J connectivity index is 1.15. The fourth-order valence-corrected chi connectivity index (χ4v) is 4.91. The van der Waals surface area contributed by atoms with Crippen molar-refractivity contribution in [1.82, 2.24) is 19.6 Å². The van der Waals surface area contributed by atoms with Crippen LogP contribution >= 0.6 is 0 Å². The Hall–Kier alpha value is -3.52. The topological polar surface area (TPSA) is 63.1 Å². The van der Waals surface area contributed by atoms with Crippen LogP contribution in [-0.4, -0.2) is 73.0 Å². The second-order valence-electron chi connectivity index (χ2n) is 9.36. The lowest BCUT2D eigenvalue weighted by Gasteiger charge is -2.21.